The summed E-state index contributed by atoms with van der Waals surface area (Å²) in [7, 11) is 0. The van der Waals surface area contributed by atoms with Gasteiger partial charge in [-0.2, -0.15) is 0 Å². The van der Waals surface area contributed by atoms with Gasteiger partial charge in [0, 0.05) is 16.2 Å². The average Bonchev–Trinajstić information content (AvgIpc) is 2.30. The third-order valence-corrected chi connectivity index (χ3v) is 2.74. The molecule has 0 aliphatic carbocycles. The lowest BCUT2D eigenvalue weighted by atomic mass is 10.1. The highest BCUT2D eigenvalue weighted by atomic mass is 32.1. The van der Waals surface area contributed by atoms with E-state index in [1.54, 1.807) is 11.3 Å². The molecule has 2 nitrogen and oxygen atoms in total. The number of thiophene rings is 1. The first-order valence-electron chi connectivity index (χ1n) is 3.83. The third-order valence-electron chi connectivity index (χ3n) is 1.76. The van der Waals surface area contributed by atoms with Gasteiger partial charge in [-0.25, -0.2) is 0 Å². The monoisotopic (exact) mass is 184 g/mol. The fraction of sp³-hybridized carbons (Fsp3) is 0.444. The maximum Gasteiger partial charge on any atom is 0.122 e. The Balaban J connectivity index is 2.85. The van der Waals surface area contributed by atoms with Gasteiger partial charge in [-0.3, -0.25) is 0 Å². The van der Waals surface area contributed by atoms with Crippen LogP contribution in [-0.2, 0) is 4.79 Å². The number of hydrogen-bond donors (Lipinski definition) is 1. The van der Waals surface area contributed by atoms with E-state index in [-0.39, 0.29) is 6.42 Å². The summed E-state index contributed by atoms with van der Waals surface area (Å²) in [5, 5.41) is 9.49. The Kier molecular flexibility index (Phi) is 3.00. The lowest BCUT2D eigenvalue weighted by molar-refractivity contribution is -0.109. The minimum absolute atomic E-state index is 0.191. The fourth-order valence-corrected chi connectivity index (χ4v) is 2.18. The van der Waals surface area contributed by atoms with E-state index in [0.717, 1.165) is 16.7 Å². The first kappa shape index (κ1) is 9.42. The molecule has 0 bridgehead atoms. The van der Waals surface area contributed by atoms with Crippen molar-refractivity contribution in [3.05, 3.63) is 21.4 Å². The summed E-state index contributed by atoms with van der Waals surface area (Å²) < 4.78 is 0. The van der Waals surface area contributed by atoms with Gasteiger partial charge in [0.2, 0.25) is 0 Å². The van der Waals surface area contributed by atoms with E-state index in [2.05, 4.69) is 0 Å². The summed E-state index contributed by atoms with van der Waals surface area (Å²) in [6, 6.07) is 1.94. The Bertz CT molecular complexity index is 278. The van der Waals surface area contributed by atoms with Gasteiger partial charge in [-0.1, -0.05) is 0 Å². The Hall–Kier alpha value is -0.670. The van der Waals surface area contributed by atoms with Crippen LogP contribution in [0.1, 0.15) is 27.8 Å². The summed E-state index contributed by atoms with van der Waals surface area (Å²) in [6.07, 6.45) is 0.321. The Morgan fingerprint density at radius 3 is 2.75 bits per heavy atom. The first-order chi connectivity index (χ1) is 5.65. The Labute approximate surface area is 75.9 Å². The van der Waals surface area contributed by atoms with Crippen molar-refractivity contribution in [3.8, 4) is 0 Å². The van der Waals surface area contributed by atoms with E-state index in [4.69, 9.17) is 0 Å². The minimum Gasteiger partial charge on any atom is -0.388 e. The van der Waals surface area contributed by atoms with Gasteiger partial charge in [-0.05, 0) is 25.5 Å². The van der Waals surface area contributed by atoms with Crippen molar-refractivity contribution in [1.82, 2.24) is 0 Å². The predicted octanol–water partition coefficient (Wildman–Crippen LogP) is 1.99. The molecule has 1 aromatic rings. The molecule has 0 radical (unpaired) electrons. The van der Waals surface area contributed by atoms with Crippen LogP contribution in [0, 0.1) is 13.8 Å². The van der Waals surface area contributed by atoms with Gasteiger partial charge < -0.3 is 9.90 Å². The zero-order valence-corrected chi connectivity index (χ0v) is 8.02. The molecule has 1 aromatic heterocycles. The van der Waals surface area contributed by atoms with E-state index >= 15 is 0 Å². The molecule has 3 heteroatoms. The number of aliphatic hydroxyl groups is 1. The van der Waals surface area contributed by atoms with E-state index in [1.165, 1.54) is 4.88 Å². The number of hydrogen-bond acceptors (Lipinski definition) is 3. The molecular formula is C9H12O2S. The average molecular weight is 184 g/mol. The van der Waals surface area contributed by atoms with Gasteiger partial charge >= 0.3 is 0 Å². The lowest BCUT2D eigenvalue weighted by Gasteiger charge is -2.04. The third kappa shape index (κ3) is 1.93. The second kappa shape index (κ2) is 3.83. The van der Waals surface area contributed by atoms with Crippen LogP contribution >= 0.6 is 11.3 Å². The normalized spacial score (nSPS) is 12.9. The van der Waals surface area contributed by atoms with Gasteiger partial charge in [0.15, 0.2) is 0 Å². The van der Waals surface area contributed by atoms with E-state index in [9.17, 15) is 9.90 Å². The highest BCUT2D eigenvalue weighted by molar-refractivity contribution is 7.12. The summed E-state index contributed by atoms with van der Waals surface area (Å²) in [6.45, 7) is 3.95. The standard InChI is InChI=1S/C9H12O2S/c1-6-5-8(7(2)12-6)9(11)3-4-10/h4-5,9,11H,3H2,1-2H3. The van der Waals surface area contributed by atoms with Crippen LogP contribution in [0.15, 0.2) is 6.07 Å². The maximum absolute atomic E-state index is 10.2. The molecule has 1 unspecified atom stereocenters. The fourth-order valence-electron chi connectivity index (χ4n) is 1.20. The number of carbonyl (C=O) groups is 1. The van der Waals surface area contributed by atoms with Crippen molar-refractivity contribution in [1.29, 1.82) is 0 Å². The molecule has 1 rings (SSSR count). The topological polar surface area (TPSA) is 37.3 Å². The van der Waals surface area contributed by atoms with Crippen LogP contribution < -0.4 is 0 Å². The smallest absolute Gasteiger partial charge is 0.122 e. The number of aldehydes is 1. The summed E-state index contributed by atoms with van der Waals surface area (Å²) >= 11 is 1.65. The largest absolute Gasteiger partial charge is 0.388 e. The molecule has 0 aliphatic heterocycles. The van der Waals surface area contributed by atoms with Crippen molar-refractivity contribution in [2.24, 2.45) is 0 Å². The van der Waals surface area contributed by atoms with Gasteiger partial charge in [0.25, 0.3) is 0 Å². The summed E-state index contributed by atoms with van der Waals surface area (Å²) in [5.41, 5.74) is 0.893. The number of carbonyl (C=O) groups excluding carboxylic acids is 1. The minimum atomic E-state index is -0.618. The van der Waals surface area contributed by atoms with Crippen molar-refractivity contribution in [2.45, 2.75) is 26.4 Å². The Morgan fingerprint density at radius 2 is 2.33 bits per heavy atom. The molecule has 66 valence electrons. The molecule has 12 heavy (non-hydrogen) atoms. The molecular weight excluding hydrogens is 172 g/mol. The molecule has 0 spiro atoms. The highest BCUT2D eigenvalue weighted by Crippen LogP contribution is 2.27. The van der Waals surface area contributed by atoms with Crippen LogP contribution in [0.5, 0.6) is 0 Å². The summed E-state index contributed by atoms with van der Waals surface area (Å²) in [4.78, 5) is 12.4. The van der Waals surface area contributed by atoms with Crippen LogP contribution in [0.25, 0.3) is 0 Å². The van der Waals surface area contributed by atoms with Gasteiger partial charge in [0.05, 0.1) is 6.10 Å². The molecule has 0 aliphatic rings. The molecule has 1 atom stereocenters. The molecule has 0 saturated carbocycles. The first-order valence-corrected chi connectivity index (χ1v) is 4.65. The van der Waals surface area contributed by atoms with E-state index in [0.29, 0.717) is 0 Å². The van der Waals surface area contributed by atoms with Crippen LogP contribution in [0.3, 0.4) is 0 Å². The number of aryl methyl sites for hydroxylation is 2. The number of rotatable bonds is 3. The van der Waals surface area contributed by atoms with Crippen LogP contribution in [-0.4, -0.2) is 11.4 Å². The Morgan fingerprint density at radius 1 is 1.67 bits per heavy atom. The second-order valence-electron chi connectivity index (χ2n) is 2.79. The number of aliphatic hydroxyl groups excluding tert-OH is 1. The molecule has 0 saturated heterocycles. The predicted molar refractivity (Wildman–Crippen MR) is 49.4 cm³/mol. The van der Waals surface area contributed by atoms with Gasteiger partial charge in [-0.15, -0.1) is 11.3 Å². The van der Waals surface area contributed by atoms with Crippen molar-refractivity contribution < 1.29 is 9.90 Å². The molecule has 0 amide bonds. The SMILES string of the molecule is Cc1cc(C(O)CC=O)c(C)s1. The van der Waals surface area contributed by atoms with Gasteiger partial charge in [0.1, 0.15) is 6.29 Å². The van der Waals surface area contributed by atoms with E-state index < -0.39 is 6.10 Å². The molecule has 1 N–H and O–H groups in total. The van der Waals surface area contributed by atoms with Crippen molar-refractivity contribution in [2.75, 3.05) is 0 Å². The maximum atomic E-state index is 10.2. The van der Waals surface area contributed by atoms with E-state index in [1.807, 2.05) is 19.9 Å². The van der Waals surface area contributed by atoms with Crippen molar-refractivity contribution >= 4 is 17.6 Å². The zero-order valence-electron chi connectivity index (χ0n) is 7.20. The van der Waals surface area contributed by atoms with Crippen molar-refractivity contribution in [3.63, 3.8) is 0 Å². The highest BCUT2D eigenvalue weighted by Gasteiger charge is 2.11. The summed E-state index contributed by atoms with van der Waals surface area (Å²) in [5.74, 6) is 0. The molecule has 0 aromatic carbocycles. The van der Waals surface area contributed by atoms with Crippen LogP contribution in [0.4, 0.5) is 0 Å². The quantitative estimate of drug-likeness (QED) is 0.729. The second-order valence-corrected chi connectivity index (χ2v) is 4.25. The molecule has 1 heterocycles. The lowest BCUT2D eigenvalue weighted by Crippen LogP contribution is -1.97. The zero-order chi connectivity index (χ0) is 9.14. The molecule has 0 fully saturated rings. The van der Waals surface area contributed by atoms with Crippen LogP contribution in [0.2, 0.25) is 0 Å².